The highest BCUT2D eigenvalue weighted by atomic mass is 19.4. The Kier molecular flexibility index (Phi) is 5.39. The molecule has 2 heterocycles. The Bertz CT molecular complexity index is 773. The predicted molar refractivity (Wildman–Crippen MR) is 90.7 cm³/mol. The molecular formula is C18H19F3N4O. The Labute approximate surface area is 149 Å². The van der Waals surface area contributed by atoms with Gasteiger partial charge < -0.3 is 10.2 Å². The minimum atomic E-state index is -4.58. The molecule has 0 radical (unpaired) electrons. The monoisotopic (exact) mass is 364 g/mol. The lowest BCUT2D eigenvalue weighted by Gasteiger charge is -2.27. The third-order valence-corrected chi connectivity index (χ3v) is 4.25. The molecule has 0 saturated carbocycles. The molecule has 1 aromatic carbocycles. The fourth-order valence-corrected chi connectivity index (χ4v) is 2.96. The van der Waals surface area contributed by atoms with Crippen molar-refractivity contribution in [3.63, 3.8) is 0 Å². The summed E-state index contributed by atoms with van der Waals surface area (Å²) in [5, 5.41) is 2.48. The standard InChI is InChI=1S/C18H19F3N4O/c19-18(20,21)14-7-3-2-6-13(14)17(26)23-12-15-22-9-8-16(24-15)25-10-4-1-5-11-25/h2-3,6-9H,1,4-5,10-12H2,(H,23,26). The molecule has 0 atom stereocenters. The summed E-state index contributed by atoms with van der Waals surface area (Å²) in [7, 11) is 0. The normalized spacial score (nSPS) is 15.0. The van der Waals surface area contributed by atoms with E-state index in [1.807, 2.05) is 0 Å². The number of benzene rings is 1. The zero-order chi connectivity index (χ0) is 18.6. The van der Waals surface area contributed by atoms with Crippen LogP contribution in [0.15, 0.2) is 36.5 Å². The lowest BCUT2D eigenvalue weighted by molar-refractivity contribution is -0.137. The molecule has 0 aliphatic carbocycles. The number of hydrogen-bond acceptors (Lipinski definition) is 4. The number of nitrogens with one attached hydrogen (secondary N) is 1. The first-order valence-electron chi connectivity index (χ1n) is 8.46. The van der Waals surface area contributed by atoms with Crippen LogP contribution in [0.4, 0.5) is 19.0 Å². The minimum Gasteiger partial charge on any atom is -0.357 e. The van der Waals surface area contributed by atoms with Crippen LogP contribution in [-0.4, -0.2) is 29.0 Å². The molecule has 1 N–H and O–H groups in total. The van der Waals surface area contributed by atoms with E-state index in [1.54, 1.807) is 12.3 Å². The maximum Gasteiger partial charge on any atom is 0.417 e. The lowest BCUT2D eigenvalue weighted by atomic mass is 10.1. The largest absolute Gasteiger partial charge is 0.417 e. The second-order valence-corrected chi connectivity index (χ2v) is 6.10. The second kappa shape index (κ2) is 7.72. The maximum absolute atomic E-state index is 13.0. The van der Waals surface area contributed by atoms with Gasteiger partial charge in [0.25, 0.3) is 5.91 Å². The van der Waals surface area contributed by atoms with E-state index >= 15 is 0 Å². The number of nitrogens with zero attached hydrogens (tertiary/aromatic N) is 3. The Hall–Kier alpha value is -2.64. The van der Waals surface area contributed by atoms with Gasteiger partial charge in [0, 0.05) is 19.3 Å². The van der Waals surface area contributed by atoms with E-state index in [4.69, 9.17) is 0 Å². The van der Waals surface area contributed by atoms with Crippen LogP contribution in [0.1, 0.15) is 41.0 Å². The van der Waals surface area contributed by atoms with Gasteiger partial charge >= 0.3 is 6.18 Å². The highest BCUT2D eigenvalue weighted by molar-refractivity contribution is 5.95. The third-order valence-electron chi connectivity index (χ3n) is 4.25. The molecule has 8 heteroatoms. The van der Waals surface area contributed by atoms with Gasteiger partial charge in [-0.2, -0.15) is 13.2 Å². The molecule has 138 valence electrons. The maximum atomic E-state index is 13.0. The number of carbonyl (C=O) groups excluding carboxylic acids is 1. The molecule has 0 unspecified atom stereocenters. The zero-order valence-corrected chi connectivity index (χ0v) is 14.1. The van der Waals surface area contributed by atoms with Gasteiger partial charge in [0.2, 0.25) is 0 Å². The average molecular weight is 364 g/mol. The van der Waals surface area contributed by atoms with Crippen molar-refractivity contribution >= 4 is 11.7 Å². The van der Waals surface area contributed by atoms with Crippen molar-refractivity contribution in [2.24, 2.45) is 0 Å². The molecule has 1 aromatic heterocycles. The van der Waals surface area contributed by atoms with Crippen LogP contribution in [0.3, 0.4) is 0 Å². The number of rotatable bonds is 4. The summed E-state index contributed by atoms with van der Waals surface area (Å²) in [6.07, 6.45) is 0.415. The smallest absolute Gasteiger partial charge is 0.357 e. The average Bonchev–Trinajstić information content (AvgIpc) is 2.66. The summed E-state index contributed by atoms with van der Waals surface area (Å²) in [5.74, 6) is 0.343. The fourth-order valence-electron chi connectivity index (χ4n) is 2.96. The van der Waals surface area contributed by atoms with Crippen LogP contribution in [-0.2, 0) is 12.7 Å². The summed E-state index contributed by atoms with van der Waals surface area (Å²) >= 11 is 0. The Morgan fingerprint density at radius 2 is 1.85 bits per heavy atom. The fraction of sp³-hybridized carbons (Fsp3) is 0.389. The number of hydrogen-bond donors (Lipinski definition) is 1. The number of halogens is 3. The van der Waals surface area contributed by atoms with E-state index in [0.29, 0.717) is 5.82 Å². The number of carbonyl (C=O) groups is 1. The van der Waals surface area contributed by atoms with Gasteiger partial charge in [-0.3, -0.25) is 4.79 Å². The first-order chi connectivity index (χ1) is 12.4. The van der Waals surface area contributed by atoms with E-state index in [9.17, 15) is 18.0 Å². The Morgan fingerprint density at radius 1 is 1.12 bits per heavy atom. The van der Waals surface area contributed by atoms with E-state index in [0.717, 1.165) is 43.9 Å². The molecule has 0 bridgehead atoms. The number of amides is 1. The molecule has 0 spiro atoms. The molecule has 1 aliphatic heterocycles. The SMILES string of the molecule is O=C(NCc1nccc(N2CCCCC2)n1)c1ccccc1C(F)(F)F. The second-order valence-electron chi connectivity index (χ2n) is 6.10. The molecule has 1 saturated heterocycles. The lowest BCUT2D eigenvalue weighted by Crippen LogP contribution is -2.31. The van der Waals surface area contributed by atoms with Crippen molar-refractivity contribution < 1.29 is 18.0 Å². The van der Waals surface area contributed by atoms with Gasteiger partial charge in [-0.15, -0.1) is 0 Å². The van der Waals surface area contributed by atoms with Gasteiger partial charge in [-0.25, -0.2) is 9.97 Å². The Balaban J connectivity index is 1.69. The molecule has 3 rings (SSSR count). The van der Waals surface area contributed by atoms with Gasteiger partial charge in [-0.05, 0) is 37.5 Å². The zero-order valence-electron chi connectivity index (χ0n) is 14.1. The first-order valence-corrected chi connectivity index (χ1v) is 8.46. The third kappa shape index (κ3) is 4.30. The molecule has 1 aliphatic rings. The van der Waals surface area contributed by atoms with Crippen molar-refractivity contribution in [2.75, 3.05) is 18.0 Å². The highest BCUT2D eigenvalue weighted by Crippen LogP contribution is 2.31. The predicted octanol–water partition coefficient (Wildman–Crippen LogP) is 3.42. The van der Waals surface area contributed by atoms with Gasteiger partial charge in [-0.1, -0.05) is 12.1 Å². The van der Waals surface area contributed by atoms with Crippen LogP contribution in [0, 0.1) is 0 Å². The van der Waals surface area contributed by atoms with Crippen LogP contribution in [0.2, 0.25) is 0 Å². The summed E-state index contributed by atoms with van der Waals surface area (Å²) < 4.78 is 39.1. The minimum absolute atomic E-state index is 0.0350. The Morgan fingerprint density at radius 3 is 2.58 bits per heavy atom. The van der Waals surface area contributed by atoms with Gasteiger partial charge in [0.1, 0.15) is 11.6 Å². The summed E-state index contributed by atoms with van der Waals surface area (Å²) in [5.41, 5.74) is -1.37. The topological polar surface area (TPSA) is 58.1 Å². The summed E-state index contributed by atoms with van der Waals surface area (Å²) in [4.78, 5) is 22.9. The van der Waals surface area contributed by atoms with E-state index < -0.39 is 23.2 Å². The van der Waals surface area contributed by atoms with Crippen molar-refractivity contribution in [1.82, 2.24) is 15.3 Å². The van der Waals surface area contributed by atoms with Crippen molar-refractivity contribution in [1.29, 1.82) is 0 Å². The quantitative estimate of drug-likeness (QED) is 0.903. The van der Waals surface area contributed by atoms with Crippen molar-refractivity contribution in [3.8, 4) is 0 Å². The van der Waals surface area contributed by atoms with Crippen LogP contribution < -0.4 is 10.2 Å². The molecular weight excluding hydrogens is 345 g/mol. The molecule has 26 heavy (non-hydrogen) atoms. The van der Waals surface area contributed by atoms with E-state index in [-0.39, 0.29) is 6.54 Å². The summed E-state index contributed by atoms with van der Waals surface area (Å²) in [6.45, 7) is 1.80. The van der Waals surface area contributed by atoms with Crippen LogP contribution in [0.5, 0.6) is 0 Å². The highest BCUT2D eigenvalue weighted by Gasteiger charge is 2.34. The molecule has 1 amide bonds. The van der Waals surface area contributed by atoms with Crippen molar-refractivity contribution in [3.05, 3.63) is 53.5 Å². The number of piperidine rings is 1. The molecule has 2 aromatic rings. The van der Waals surface area contributed by atoms with Crippen LogP contribution in [0.25, 0.3) is 0 Å². The van der Waals surface area contributed by atoms with Crippen LogP contribution >= 0.6 is 0 Å². The molecule has 5 nitrogen and oxygen atoms in total. The number of aromatic nitrogens is 2. The first kappa shape index (κ1) is 18.2. The number of anilines is 1. The molecule has 1 fully saturated rings. The van der Waals surface area contributed by atoms with Crippen molar-refractivity contribution in [2.45, 2.75) is 32.0 Å². The van der Waals surface area contributed by atoms with E-state index in [1.165, 1.54) is 18.6 Å². The van der Waals surface area contributed by atoms with Gasteiger partial charge in [0.05, 0.1) is 17.7 Å². The summed E-state index contributed by atoms with van der Waals surface area (Å²) in [6, 6.07) is 6.50. The van der Waals surface area contributed by atoms with E-state index in [2.05, 4.69) is 20.2 Å². The number of alkyl halides is 3. The van der Waals surface area contributed by atoms with Gasteiger partial charge in [0.15, 0.2) is 0 Å².